The zero-order valence-corrected chi connectivity index (χ0v) is 11.1. The molecule has 106 valence electrons. The summed E-state index contributed by atoms with van der Waals surface area (Å²) in [6, 6.07) is 4.12. The first-order chi connectivity index (χ1) is 8.59. The molecule has 0 radical (unpaired) electrons. The number of alkyl halides is 5. The van der Waals surface area contributed by atoms with Crippen LogP contribution in [0.2, 0.25) is 0 Å². The lowest BCUT2D eigenvalue weighted by Gasteiger charge is -2.18. The Kier molecular flexibility index (Phi) is 4.54. The smallest absolute Gasteiger partial charge is 0.461 e. The van der Waals surface area contributed by atoms with Crippen LogP contribution >= 0.6 is 15.9 Å². The predicted octanol–water partition coefficient (Wildman–Crippen LogP) is 3.77. The van der Waals surface area contributed by atoms with Crippen LogP contribution in [-0.4, -0.2) is 25.0 Å². The van der Waals surface area contributed by atoms with E-state index in [4.69, 9.17) is 4.74 Å². The topological polar surface area (TPSA) is 26.3 Å². The molecule has 0 unspecified atom stereocenters. The molecule has 2 nitrogen and oxygen atoms in total. The normalized spacial score (nSPS) is 12.4. The van der Waals surface area contributed by atoms with Gasteiger partial charge in [-0.2, -0.15) is 22.0 Å². The van der Waals surface area contributed by atoms with E-state index in [2.05, 4.69) is 15.9 Å². The van der Waals surface area contributed by atoms with Crippen molar-refractivity contribution >= 4 is 21.7 Å². The summed E-state index contributed by atoms with van der Waals surface area (Å²) in [5.74, 6) is -7.54. The summed E-state index contributed by atoms with van der Waals surface area (Å²) in [7, 11) is 1.22. The van der Waals surface area contributed by atoms with Crippen molar-refractivity contribution in [3.05, 3.63) is 28.2 Å². The van der Waals surface area contributed by atoms with E-state index in [0.29, 0.717) is 4.47 Å². The van der Waals surface area contributed by atoms with Gasteiger partial charge in [0.1, 0.15) is 5.75 Å². The zero-order valence-electron chi connectivity index (χ0n) is 9.52. The van der Waals surface area contributed by atoms with E-state index in [1.807, 2.05) is 0 Å². The minimum absolute atomic E-state index is 0.0502. The first kappa shape index (κ1) is 15.9. The molecule has 0 saturated heterocycles. The van der Waals surface area contributed by atoms with Gasteiger partial charge in [-0.05, 0) is 18.2 Å². The number of halogens is 6. The van der Waals surface area contributed by atoms with Crippen molar-refractivity contribution in [2.45, 2.75) is 18.5 Å². The molecule has 8 heteroatoms. The Morgan fingerprint density at radius 3 is 2.32 bits per heavy atom. The number of methoxy groups -OCH3 is 1. The summed E-state index contributed by atoms with van der Waals surface area (Å²) in [4.78, 5) is 11.1. The minimum atomic E-state index is -5.90. The summed E-state index contributed by atoms with van der Waals surface area (Å²) in [5.41, 5.74) is -0.0502. The molecule has 0 aliphatic rings. The van der Waals surface area contributed by atoms with Crippen molar-refractivity contribution in [1.82, 2.24) is 0 Å². The minimum Gasteiger partial charge on any atom is -0.496 e. The van der Waals surface area contributed by atoms with E-state index < -0.39 is 24.3 Å². The van der Waals surface area contributed by atoms with Crippen LogP contribution in [0.1, 0.15) is 5.56 Å². The number of ketones is 1. The maximum Gasteiger partial charge on any atom is 0.461 e. The maximum absolute atomic E-state index is 12.8. The molecule has 1 aromatic carbocycles. The Morgan fingerprint density at radius 2 is 1.84 bits per heavy atom. The second kappa shape index (κ2) is 5.44. The van der Waals surface area contributed by atoms with Crippen molar-refractivity contribution in [3.8, 4) is 5.75 Å². The SMILES string of the molecule is COc1ccc(Br)cc1CC(=O)C(F)(F)C(F)(F)F. The van der Waals surface area contributed by atoms with Crippen LogP contribution in [0.25, 0.3) is 0 Å². The van der Waals surface area contributed by atoms with E-state index in [1.165, 1.54) is 25.3 Å². The molecule has 1 aromatic rings. The quantitative estimate of drug-likeness (QED) is 0.776. The third-order valence-corrected chi connectivity index (χ3v) is 2.79. The highest BCUT2D eigenvalue weighted by Gasteiger charge is 2.62. The second-order valence-corrected chi connectivity index (χ2v) is 4.54. The average Bonchev–Trinajstić information content (AvgIpc) is 2.27. The molecule has 0 heterocycles. The van der Waals surface area contributed by atoms with E-state index in [1.54, 1.807) is 0 Å². The van der Waals surface area contributed by atoms with Gasteiger partial charge in [0.25, 0.3) is 0 Å². The van der Waals surface area contributed by atoms with Crippen molar-refractivity contribution in [2.24, 2.45) is 0 Å². The third-order valence-electron chi connectivity index (χ3n) is 2.30. The zero-order chi connectivity index (χ0) is 14.8. The predicted molar refractivity (Wildman–Crippen MR) is 60.4 cm³/mol. The summed E-state index contributed by atoms with van der Waals surface area (Å²) in [6.45, 7) is 0. The molecule has 0 aromatic heterocycles. The van der Waals surface area contributed by atoms with Gasteiger partial charge in [-0.3, -0.25) is 4.79 Å². The number of Topliss-reactive ketones (excluding diaryl/α,β-unsaturated/α-hetero) is 1. The van der Waals surface area contributed by atoms with Crippen LogP contribution in [0.4, 0.5) is 22.0 Å². The molecule has 0 bridgehead atoms. The molecule has 0 atom stereocenters. The van der Waals surface area contributed by atoms with E-state index in [9.17, 15) is 26.7 Å². The summed E-state index contributed by atoms with van der Waals surface area (Å²) >= 11 is 3.03. The molecule has 0 fully saturated rings. The van der Waals surface area contributed by atoms with Crippen LogP contribution in [-0.2, 0) is 11.2 Å². The van der Waals surface area contributed by atoms with E-state index >= 15 is 0 Å². The summed E-state index contributed by atoms with van der Waals surface area (Å²) in [6.07, 6.45) is -6.97. The molecular weight excluding hydrogens is 339 g/mol. The van der Waals surface area contributed by atoms with Crippen molar-refractivity contribution in [1.29, 1.82) is 0 Å². The highest BCUT2D eigenvalue weighted by atomic mass is 79.9. The molecule has 0 amide bonds. The van der Waals surface area contributed by atoms with Gasteiger partial charge in [-0.1, -0.05) is 15.9 Å². The van der Waals surface area contributed by atoms with Crippen molar-refractivity contribution < 1.29 is 31.5 Å². The molecule has 0 saturated carbocycles. The van der Waals surface area contributed by atoms with Gasteiger partial charge in [0.2, 0.25) is 5.78 Å². The lowest BCUT2D eigenvalue weighted by molar-refractivity contribution is -0.268. The first-order valence-electron chi connectivity index (χ1n) is 4.90. The monoisotopic (exact) mass is 346 g/mol. The lowest BCUT2D eigenvalue weighted by Crippen LogP contribution is -2.44. The van der Waals surface area contributed by atoms with Crippen LogP contribution < -0.4 is 4.74 Å². The van der Waals surface area contributed by atoms with Gasteiger partial charge in [0.05, 0.1) is 7.11 Å². The Labute approximate surface area is 113 Å². The van der Waals surface area contributed by atoms with Crippen molar-refractivity contribution in [3.63, 3.8) is 0 Å². The van der Waals surface area contributed by atoms with Gasteiger partial charge in [0.15, 0.2) is 0 Å². The van der Waals surface area contributed by atoms with Crippen LogP contribution in [0.15, 0.2) is 22.7 Å². The number of ether oxygens (including phenoxy) is 1. The number of hydrogen-bond donors (Lipinski definition) is 0. The number of benzene rings is 1. The van der Waals surface area contributed by atoms with Gasteiger partial charge >= 0.3 is 12.1 Å². The van der Waals surface area contributed by atoms with E-state index in [0.717, 1.165) is 0 Å². The second-order valence-electron chi connectivity index (χ2n) is 3.63. The fraction of sp³-hybridized carbons (Fsp3) is 0.364. The fourth-order valence-corrected chi connectivity index (χ4v) is 1.74. The third kappa shape index (κ3) is 3.43. The number of hydrogen-bond acceptors (Lipinski definition) is 2. The van der Waals surface area contributed by atoms with Gasteiger partial charge < -0.3 is 4.74 Å². The van der Waals surface area contributed by atoms with Crippen molar-refractivity contribution in [2.75, 3.05) is 7.11 Å². The van der Waals surface area contributed by atoms with Gasteiger partial charge in [-0.25, -0.2) is 0 Å². The number of rotatable bonds is 4. The molecule has 19 heavy (non-hydrogen) atoms. The molecular formula is C11H8BrF5O2. The largest absolute Gasteiger partial charge is 0.496 e. The molecule has 1 rings (SSSR count). The van der Waals surface area contributed by atoms with Crippen LogP contribution in [0, 0.1) is 0 Å². The molecule has 0 aliphatic heterocycles. The Bertz CT molecular complexity index is 484. The van der Waals surface area contributed by atoms with E-state index in [-0.39, 0.29) is 11.3 Å². The number of carbonyl (C=O) groups excluding carboxylic acids is 1. The molecule has 0 aliphatic carbocycles. The number of carbonyl (C=O) groups is 1. The Balaban J connectivity index is 3.03. The average molecular weight is 347 g/mol. The molecule has 0 N–H and O–H groups in total. The lowest BCUT2D eigenvalue weighted by atomic mass is 10.0. The fourth-order valence-electron chi connectivity index (χ4n) is 1.33. The van der Waals surface area contributed by atoms with Gasteiger partial charge in [0, 0.05) is 16.5 Å². The Hall–Kier alpha value is -1.18. The summed E-state index contributed by atoms with van der Waals surface area (Å²) < 4.78 is 67.0. The summed E-state index contributed by atoms with van der Waals surface area (Å²) in [5, 5.41) is 0. The Morgan fingerprint density at radius 1 is 1.26 bits per heavy atom. The maximum atomic E-state index is 12.8. The van der Waals surface area contributed by atoms with Crippen LogP contribution in [0.5, 0.6) is 5.75 Å². The highest BCUT2D eigenvalue weighted by molar-refractivity contribution is 9.10. The van der Waals surface area contributed by atoms with Gasteiger partial charge in [-0.15, -0.1) is 0 Å². The highest BCUT2D eigenvalue weighted by Crippen LogP contribution is 2.37. The van der Waals surface area contributed by atoms with Crippen LogP contribution in [0.3, 0.4) is 0 Å². The molecule has 0 spiro atoms. The standard InChI is InChI=1S/C11H8BrF5O2/c1-19-8-3-2-7(12)4-6(8)5-9(18)10(13,14)11(15,16)17/h2-4H,5H2,1H3. The first-order valence-corrected chi connectivity index (χ1v) is 5.69.